The van der Waals surface area contributed by atoms with E-state index in [1.165, 1.54) is 92.6 Å². The number of hydrogen-bond acceptors (Lipinski definition) is 32. The first-order valence-electron chi connectivity index (χ1n) is 38.8. The summed E-state index contributed by atoms with van der Waals surface area (Å²) >= 11 is 30.8. The third kappa shape index (κ3) is 24.4. The van der Waals surface area contributed by atoms with Crippen molar-refractivity contribution in [2.45, 2.75) is 132 Å². The molecule has 9 aromatic rings. The Bertz CT molecular complexity index is 6450. The van der Waals surface area contributed by atoms with E-state index in [9.17, 15) is 62.3 Å². The maximum atomic E-state index is 12.1. The molecular formula is C76H101N21O18S8. The molecule has 3 aliphatic heterocycles. The molecular weight excluding hydrogens is 1750 g/mol. The lowest BCUT2D eigenvalue weighted by molar-refractivity contribution is -0.144. The smallest absolute Gasteiger partial charge is 0.332 e. The highest BCUT2D eigenvalue weighted by Crippen LogP contribution is 2.32. The molecule has 0 atom stereocenters. The number of carbonyl (C=O) groups is 6. The minimum atomic E-state index is -0.374. The third-order valence-corrected chi connectivity index (χ3v) is 24.4. The van der Waals surface area contributed by atoms with Crippen LogP contribution >= 0.6 is 96.4 Å². The Balaban J connectivity index is 0.000000203. The molecule has 0 saturated heterocycles. The molecule has 0 aliphatic carbocycles. The Morgan fingerprint density at radius 1 is 0.341 bits per heavy atom. The number of imidazole rings is 3. The molecule has 39 nitrogen and oxygen atoms in total. The second-order valence-electron chi connectivity index (χ2n) is 27.5. The maximum Gasteiger partial charge on any atom is 0.332 e. The van der Waals surface area contributed by atoms with Gasteiger partial charge in [0.2, 0.25) is 0 Å². The van der Waals surface area contributed by atoms with Gasteiger partial charge in [-0.1, -0.05) is 72.9 Å². The molecule has 3 aliphatic rings. The number of rotatable bonds is 25. The lowest BCUT2D eigenvalue weighted by Crippen LogP contribution is -2.38. The number of Topliss-reactive ketones (excluding diaryl/α,β-unsaturated/α-hetero) is 1. The van der Waals surface area contributed by atoms with Crippen molar-refractivity contribution in [3.8, 4) is 0 Å². The van der Waals surface area contributed by atoms with Crippen molar-refractivity contribution in [1.82, 2.24) is 83.5 Å². The van der Waals surface area contributed by atoms with Gasteiger partial charge in [-0.3, -0.25) is 83.6 Å². The fourth-order valence-corrected chi connectivity index (χ4v) is 16.4. The first-order chi connectivity index (χ1) is 58.2. The zero-order valence-corrected chi connectivity index (χ0v) is 78.3. The van der Waals surface area contributed by atoms with Crippen molar-refractivity contribution in [1.29, 1.82) is 0 Å². The monoisotopic (exact) mass is 1850 g/mol. The average molecular weight is 1850 g/mol. The van der Waals surface area contributed by atoms with Crippen LogP contribution in [0, 0.1) is 23.2 Å². The number of nitrogens with zero attached hydrogens (tertiary/aromatic N) is 21. The van der Waals surface area contributed by atoms with Gasteiger partial charge < -0.3 is 42.2 Å². The number of aliphatic imine (C=N–C) groups is 3. The number of carbonyl (C=O) groups excluding carboxylic acids is 6. The summed E-state index contributed by atoms with van der Waals surface area (Å²) < 4.78 is 49.3. The van der Waals surface area contributed by atoms with E-state index >= 15 is 0 Å². The van der Waals surface area contributed by atoms with Gasteiger partial charge in [0.1, 0.15) is 63.0 Å². The summed E-state index contributed by atoms with van der Waals surface area (Å²) in [5.41, 5.74) is 4.47. The van der Waals surface area contributed by atoms with Gasteiger partial charge in [0.15, 0.2) is 16.9 Å². The predicted molar refractivity (Wildman–Crippen MR) is 485 cm³/mol. The Morgan fingerprint density at radius 2 is 0.642 bits per heavy atom. The van der Waals surface area contributed by atoms with Crippen molar-refractivity contribution in [2.75, 3.05) is 50.3 Å². The molecule has 0 N–H and O–H groups in total. The van der Waals surface area contributed by atoms with E-state index in [0.717, 1.165) is 54.0 Å². The molecule has 0 spiro atoms. The van der Waals surface area contributed by atoms with Crippen molar-refractivity contribution in [3.63, 3.8) is 0 Å². The summed E-state index contributed by atoms with van der Waals surface area (Å²) in [6, 6.07) is 0. The van der Waals surface area contributed by atoms with Gasteiger partial charge in [0.05, 0.1) is 91.3 Å². The summed E-state index contributed by atoms with van der Waals surface area (Å²) in [5.74, 6) is 2.22. The molecule has 9 aromatic heterocycles. The Labute approximate surface area is 742 Å². The molecule has 0 unspecified atom stereocenters. The zero-order chi connectivity index (χ0) is 91.3. The Hall–Kier alpha value is -10.3. The third-order valence-electron chi connectivity index (χ3n) is 19.0. The van der Waals surface area contributed by atoms with E-state index in [0.29, 0.717) is 185 Å². The molecule has 0 fully saturated rings. The van der Waals surface area contributed by atoms with Crippen LogP contribution in [0.15, 0.2) is 67.5 Å². The van der Waals surface area contributed by atoms with E-state index < -0.39 is 0 Å². The number of ether oxygens (including phenoxy) is 5. The molecule has 666 valence electrons. The summed E-state index contributed by atoms with van der Waals surface area (Å²) in [7, 11) is 19.6. The van der Waals surface area contributed by atoms with Crippen molar-refractivity contribution < 1.29 is 52.5 Å². The average Bonchev–Trinajstić information content (AvgIpc) is 1.67. The number of esters is 5. The normalized spacial score (nSPS) is 12.0. The molecule has 0 radical (unpaired) electrons. The summed E-state index contributed by atoms with van der Waals surface area (Å²) in [6.07, 6.45) is 10.4. The van der Waals surface area contributed by atoms with Gasteiger partial charge in [0.25, 0.3) is 5.56 Å². The van der Waals surface area contributed by atoms with Gasteiger partial charge in [-0.25, -0.2) is 58.7 Å². The lowest BCUT2D eigenvalue weighted by Gasteiger charge is -2.08. The van der Waals surface area contributed by atoms with Crippen LogP contribution in [0.2, 0.25) is 0 Å². The molecule has 12 rings (SSSR count). The van der Waals surface area contributed by atoms with E-state index in [-0.39, 0.29) is 87.5 Å². The molecule has 123 heavy (non-hydrogen) atoms. The fourth-order valence-electron chi connectivity index (χ4n) is 12.5. The highest BCUT2D eigenvalue weighted by atomic mass is 32.2. The highest BCUT2D eigenvalue weighted by Gasteiger charge is 2.27. The van der Waals surface area contributed by atoms with Crippen LogP contribution < -0.4 is 39.7 Å². The first-order valence-corrected chi connectivity index (χ1v) is 43.8. The SMILES string of the molecule is CC(=O)CCCn1cnc2c1c(=S)n(C)c(=O)n2C.CCOC(=O)CCCSC1=Nc2c(c(=O)n(C)c(=O)n2C)C1.CCOC(=O)CCCn1cnc2c1c(=S)n(C)c(=O)n2C.CCOC(=O)CCSC1=Nc2c(c(=S)n(C)c(=O)n2C)C1.CCOC(=O)CCn1cnc2c1c(=S)n(C)c(=O)n2C.CCOC(=O)CSC1=Nc2c(c(=S)n(C)c(=O)n2C)C1. The van der Waals surface area contributed by atoms with Gasteiger partial charge in [0, 0.05) is 160 Å². The van der Waals surface area contributed by atoms with Gasteiger partial charge in [-0.2, -0.15) is 0 Å². The lowest BCUT2D eigenvalue weighted by atomic mass is 10.2. The minimum absolute atomic E-state index is 0.168. The second kappa shape index (κ2) is 45.9. The summed E-state index contributed by atoms with van der Waals surface area (Å²) in [6.45, 7) is 14.0. The number of thioether (sulfide) groups is 3. The zero-order valence-electron chi connectivity index (χ0n) is 71.8. The molecule has 12 heterocycles. The standard InChI is InChI=1S/C14H19N3O4S.C13H18N4O3S.C13H17N3O3S2.C12H16N4O3S.C12H16N4O2S.C12H15N3O3S2/c1-4-21-11(18)6-5-7-22-10-8-9-12(15-10)16(2)14(20)17(3)13(9)19;1-4-20-9(18)6-5-7-17-8-14-11-10(17)12(21)16(3)13(19)15(11)2;1-4-19-10(17)5-6-21-9-7-8-11(14-9)15(2)13(18)16(3)12(8)20;1-4-19-8(17)5-6-16-7-13-10-9(16)11(20)15(3)12(18)14(10)2;1-8(17)5-4-6-16-7-13-10-9(16)11(19)15(3)12(18)14(10)2;1-4-18-9(16)6-20-8-5-7-10(13-8)14(2)12(17)15(3)11(7)19/h4-8H2,1-3H3;8H,4-7H2,1-3H3;4-7H2,1-3H3;7H,4-6H2,1-3H3;7H,4-6H2,1-3H3;4-6H2,1-3H3. The van der Waals surface area contributed by atoms with Gasteiger partial charge in [-0.05, 0) is 66.6 Å². The molecule has 0 amide bonds. The Kier molecular flexibility index (Phi) is 37.2. The van der Waals surface area contributed by atoms with Gasteiger partial charge in [-0.15, -0.1) is 23.5 Å². The van der Waals surface area contributed by atoms with Crippen LogP contribution in [0.25, 0.3) is 33.5 Å². The van der Waals surface area contributed by atoms with Crippen molar-refractivity contribution >= 4 is 198 Å². The van der Waals surface area contributed by atoms with E-state index in [4.69, 9.17) is 84.8 Å². The second-order valence-corrected chi connectivity index (χ2v) is 32.9. The summed E-state index contributed by atoms with van der Waals surface area (Å²) in [5, 5.41) is 2.46. The number of hydrogen-bond donors (Lipinski definition) is 0. The number of fused-ring (bicyclic) bond motifs is 6. The predicted octanol–water partition coefficient (Wildman–Crippen LogP) is 6.88. The van der Waals surface area contributed by atoms with Crippen molar-refractivity contribution in [2.24, 2.45) is 99.5 Å². The maximum absolute atomic E-state index is 12.1. The number of ketones is 1. The van der Waals surface area contributed by atoms with Crippen molar-refractivity contribution in [3.05, 3.63) is 132 Å². The highest BCUT2D eigenvalue weighted by molar-refractivity contribution is 8.14. The Morgan fingerprint density at radius 3 is 1.03 bits per heavy atom. The number of aryl methyl sites for hydroxylation is 6. The van der Waals surface area contributed by atoms with E-state index in [1.54, 1.807) is 143 Å². The largest absolute Gasteiger partial charge is 0.466 e. The van der Waals surface area contributed by atoms with Crippen LogP contribution in [0.1, 0.15) is 110 Å². The molecule has 0 saturated carbocycles. The molecule has 0 aromatic carbocycles. The first kappa shape index (κ1) is 99.8. The summed E-state index contributed by atoms with van der Waals surface area (Å²) in [4.78, 5) is 177. The van der Waals surface area contributed by atoms with Crippen LogP contribution in [-0.4, -0.2) is 185 Å². The van der Waals surface area contributed by atoms with Crippen LogP contribution in [0.3, 0.4) is 0 Å². The van der Waals surface area contributed by atoms with Crippen LogP contribution in [0.4, 0.5) is 17.5 Å². The topological polar surface area (TPSA) is 418 Å². The quantitative estimate of drug-likeness (QED) is 0.0243. The molecule has 0 bridgehead atoms. The number of aromatic nitrogens is 18. The molecule has 47 heteroatoms. The fraction of sp³-hybridized carbons (Fsp3) is 0.526. The van der Waals surface area contributed by atoms with E-state index in [1.807, 2.05) is 9.13 Å². The van der Waals surface area contributed by atoms with Crippen LogP contribution in [0.5, 0.6) is 0 Å². The minimum Gasteiger partial charge on any atom is -0.466 e. The van der Waals surface area contributed by atoms with E-state index in [2.05, 4.69) is 29.9 Å². The van der Waals surface area contributed by atoms with Crippen LogP contribution in [-0.2, 0) is 176 Å². The van der Waals surface area contributed by atoms with Gasteiger partial charge >= 0.3 is 64.0 Å².